The van der Waals surface area contributed by atoms with Crippen molar-refractivity contribution in [2.24, 2.45) is 5.41 Å². The van der Waals surface area contributed by atoms with E-state index in [0.717, 1.165) is 30.5 Å². The van der Waals surface area contributed by atoms with Crippen molar-refractivity contribution < 1.29 is 9.84 Å². The molecule has 102 valence electrons. The summed E-state index contributed by atoms with van der Waals surface area (Å²) in [6, 6.07) is 0. The molecule has 0 saturated carbocycles. The third-order valence-electron chi connectivity index (χ3n) is 3.59. The minimum absolute atomic E-state index is 0.0709. The lowest BCUT2D eigenvalue weighted by Gasteiger charge is -2.41. The molecule has 0 bridgehead atoms. The fraction of sp³-hybridized carbons (Fsp3) is 0.833. The molecule has 0 spiro atoms. The van der Waals surface area contributed by atoms with Crippen molar-refractivity contribution in [3.05, 3.63) is 5.82 Å². The van der Waals surface area contributed by atoms with Gasteiger partial charge in [-0.25, -0.2) is 4.98 Å². The van der Waals surface area contributed by atoms with Crippen LogP contribution in [0.4, 0.5) is 5.13 Å². The Balaban J connectivity index is 2.10. The number of rotatable bonds is 3. The quantitative estimate of drug-likeness (QED) is 0.909. The minimum atomic E-state index is -0.237. The van der Waals surface area contributed by atoms with Crippen molar-refractivity contribution in [1.82, 2.24) is 9.36 Å². The first-order valence-corrected chi connectivity index (χ1v) is 7.01. The van der Waals surface area contributed by atoms with E-state index < -0.39 is 0 Å². The maximum atomic E-state index is 9.95. The summed E-state index contributed by atoms with van der Waals surface area (Å²) in [7, 11) is 1.66. The molecule has 0 aromatic carbocycles. The lowest BCUT2D eigenvalue weighted by Crippen LogP contribution is -2.48. The number of hydrogen-bond acceptors (Lipinski definition) is 6. The summed E-state index contributed by atoms with van der Waals surface area (Å²) < 4.78 is 9.55. The maximum Gasteiger partial charge on any atom is 0.205 e. The van der Waals surface area contributed by atoms with E-state index in [-0.39, 0.29) is 17.6 Å². The first-order valence-electron chi connectivity index (χ1n) is 6.23. The standard InChI is InChI=1S/C12H21N3O2S/c1-8(17-4)10-13-11(18-14-10)15-6-5-9(16)12(2,3)7-15/h8-9,16H,5-7H2,1-4H3. The maximum absolute atomic E-state index is 9.95. The Kier molecular flexibility index (Phi) is 3.89. The van der Waals surface area contributed by atoms with Crippen molar-refractivity contribution in [3.63, 3.8) is 0 Å². The van der Waals surface area contributed by atoms with Gasteiger partial charge in [-0.3, -0.25) is 0 Å². The van der Waals surface area contributed by atoms with Crippen LogP contribution in [-0.2, 0) is 4.74 Å². The van der Waals surface area contributed by atoms with Crippen LogP contribution < -0.4 is 4.90 Å². The Labute approximate surface area is 112 Å². The van der Waals surface area contributed by atoms with Gasteiger partial charge in [0.15, 0.2) is 5.82 Å². The summed E-state index contributed by atoms with van der Waals surface area (Å²) >= 11 is 1.40. The van der Waals surface area contributed by atoms with Crippen molar-refractivity contribution in [3.8, 4) is 0 Å². The normalized spacial score (nSPS) is 25.2. The molecule has 6 heteroatoms. The fourth-order valence-electron chi connectivity index (χ4n) is 2.13. The summed E-state index contributed by atoms with van der Waals surface area (Å²) in [5.74, 6) is 0.737. The molecule has 1 saturated heterocycles. The largest absolute Gasteiger partial charge is 0.392 e. The molecule has 5 nitrogen and oxygen atoms in total. The second-order valence-electron chi connectivity index (χ2n) is 5.53. The molecule has 1 aliphatic rings. The smallest absolute Gasteiger partial charge is 0.205 e. The molecule has 0 aliphatic carbocycles. The highest BCUT2D eigenvalue weighted by Gasteiger charge is 2.35. The molecule has 2 heterocycles. The van der Waals surface area contributed by atoms with Crippen LogP contribution in [0, 0.1) is 5.41 Å². The number of methoxy groups -OCH3 is 1. The summed E-state index contributed by atoms with van der Waals surface area (Å²) in [4.78, 5) is 6.73. The van der Waals surface area contributed by atoms with E-state index in [0.29, 0.717) is 0 Å². The van der Waals surface area contributed by atoms with Crippen molar-refractivity contribution in [2.75, 3.05) is 25.1 Å². The van der Waals surface area contributed by atoms with Crippen molar-refractivity contribution in [2.45, 2.75) is 39.4 Å². The van der Waals surface area contributed by atoms with Crippen molar-refractivity contribution >= 4 is 16.7 Å². The van der Waals surface area contributed by atoms with Crippen LogP contribution in [0.5, 0.6) is 0 Å². The third kappa shape index (κ3) is 2.65. The lowest BCUT2D eigenvalue weighted by atomic mass is 9.81. The zero-order valence-electron chi connectivity index (χ0n) is 11.4. The fourth-order valence-corrected chi connectivity index (χ4v) is 2.90. The van der Waals surface area contributed by atoms with Crippen LogP contribution in [0.1, 0.15) is 39.1 Å². The van der Waals surface area contributed by atoms with E-state index in [2.05, 4.69) is 28.1 Å². The molecule has 0 amide bonds. The number of anilines is 1. The molecule has 2 unspecified atom stereocenters. The van der Waals surface area contributed by atoms with Gasteiger partial charge in [0.2, 0.25) is 5.13 Å². The van der Waals surface area contributed by atoms with Gasteiger partial charge in [-0.1, -0.05) is 13.8 Å². The second-order valence-corrected chi connectivity index (χ2v) is 6.26. The zero-order chi connectivity index (χ0) is 13.3. The van der Waals surface area contributed by atoms with Gasteiger partial charge in [-0.05, 0) is 13.3 Å². The lowest BCUT2D eigenvalue weighted by molar-refractivity contribution is 0.0335. The van der Waals surface area contributed by atoms with Crippen LogP contribution in [0.2, 0.25) is 0 Å². The summed E-state index contributed by atoms with van der Waals surface area (Å²) in [5.41, 5.74) is -0.100. The predicted molar refractivity (Wildman–Crippen MR) is 72.0 cm³/mol. The van der Waals surface area contributed by atoms with Gasteiger partial charge in [0.25, 0.3) is 0 Å². The van der Waals surface area contributed by atoms with Crippen LogP contribution >= 0.6 is 11.5 Å². The number of ether oxygens (including phenoxy) is 1. The highest BCUT2D eigenvalue weighted by molar-refractivity contribution is 7.09. The number of aliphatic hydroxyl groups is 1. The van der Waals surface area contributed by atoms with Crippen molar-refractivity contribution in [1.29, 1.82) is 0 Å². The number of piperidine rings is 1. The molecule has 1 N–H and O–H groups in total. The van der Waals surface area contributed by atoms with E-state index in [1.165, 1.54) is 11.5 Å². The molecule has 1 fully saturated rings. The van der Waals surface area contributed by atoms with Gasteiger partial charge < -0.3 is 14.7 Å². The highest BCUT2D eigenvalue weighted by Crippen LogP contribution is 2.33. The second kappa shape index (κ2) is 5.11. The van der Waals surface area contributed by atoms with E-state index in [4.69, 9.17) is 4.74 Å². The van der Waals surface area contributed by atoms with E-state index >= 15 is 0 Å². The first kappa shape index (κ1) is 13.7. The SMILES string of the molecule is COC(C)c1nsc(N2CCC(O)C(C)(C)C2)n1. The van der Waals surface area contributed by atoms with Gasteiger partial charge >= 0.3 is 0 Å². The molecule has 2 rings (SSSR count). The molecule has 1 aliphatic heterocycles. The third-order valence-corrected chi connectivity index (χ3v) is 4.38. The Morgan fingerprint density at radius 3 is 2.89 bits per heavy atom. The van der Waals surface area contributed by atoms with Crippen LogP contribution in [0.25, 0.3) is 0 Å². The number of hydrogen-bond donors (Lipinski definition) is 1. The zero-order valence-corrected chi connectivity index (χ0v) is 12.2. The average Bonchev–Trinajstić information content (AvgIpc) is 2.81. The molecule has 0 radical (unpaired) electrons. The Bertz CT molecular complexity index is 408. The topological polar surface area (TPSA) is 58.5 Å². The molecule has 1 aromatic heterocycles. The van der Waals surface area contributed by atoms with E-state index in [1.807, 2.05) is 6.92 Å². The molecule has 1 aromatic rings. The van der Waals surface area contributed by atoms with E-state index in [1.54, 1.807) is 7.11 Å². The monoisotopic (exact) mass is 271 g/mol. The number of aliphatic hydroxyl groups excluding tert-OH is 1. The van der Waals surface area contributed by atoms with Crippen LogP contribution in [0.3, 0.4) is 0 Å². The molecular weight excluding hydrogens is 250 g/mol. The van der Waals surface area contributed by atoms with E-state index in [9.17, 15) is 5.11 Å². The summed E-state index contributed by atoms with van der Waals surface area (Å²) in [5, 5.41) is 10.9. The number of aromatic nitrogens is 2. The van der Waals surface area contributed by atoms with Gasteiger partial charge in [0.1, 0.15) is 6.10 Å². The van der Waals surface area contributed by atoms with Crippen LogP contribution in [-0.4, -0.2) is 40.8 Å². The highest BCUT2D eigenvalue weighted by atomic mass is 32.1. The Morgan fingerprint density at radius 2 is 2.28 bits per heavy atom. The summed E-state index contributed by atoms with van der Waals surface area (Å²) in [6.45, 7) is 7.76. The minimum Gasteiger partial charge on any atom is -0.392 e. The predicted octanol–water partition coefficient (Wildman–Crippen LogP) is 1.84. The summed E-state index contributed by atoms with van der Waals surface area (Å²) in [6.07, 6.45) is 0.472. The Morgan fingerprint density at radius 1 is 1.56 bits per heavy atom. The molecular formula is C12H21N3O2S. The van der Waals surface area contributed by atoms with Gasteiger partial charge in [-0.15, -0.1) is 0 Å². The molecule has 2 atom stereocenters. The van der Waals surface area contributed by atoms with Gasteiger partial charge in [0, 0.05) is 37.1 Å². The van der Waals surface area contributed by atoms with Gasteiger partial charge in [0.05, 0.1) is 6.10 Å². The first-order chi connectivity index (χ1) is 8.44. The number of nitrogens with zero attached hydrogens (tertiary/aromatic N) is 3. The average molecular weight is 271 g/mol. The molecule has 18 heavy (non-hydrogen) atoms. The van der Waals surface area contributed by atoms with Crippen LogP contribution in [0.15, 0.2) is 0 Å². The van der Waals surface area contributed by atoms with Gasteiger partial charge in [-0.2, -0.15) is 4.37 Å². The Hall–Kier alpha value is -0.720.